The van der Waals surface area contributed by atoms with Crippen LogP contribution in [0.5, 0.6) is 0 Å². The number of hydrogen-bond acceptors (Lipinski definition) is 2. The Morgan fingerprint density at radius 3 is 2.71 bits per heavy atom. The van der Waals surface area contributed by atoms with E-state index in [-0.39, 0.29) is 0 Å². The summed E-state index contributed by atoms with van der Waals surface area (Å²) < 4.78 is 2.01. The van der Waals surface area contributed by atoms with Crippen LogP contribution in [0.3, 0.4) is 0 Å². The minimum Gasteiger partial charge on any atom is -0.330 e. The maximum Gasteiger partial charge on any atom is 0.0680 e. The zero-order chi connectivity index (χ0) is 12.4. The van der Waals surface area contributed by atoms with E-state index in [0.717, 1.165) is 12.1 Å². The van der Waals surface area contributed by atoms with Crippen LogP contribution in [0.25, 0.3) is 5.69 Å². The molecule has 0 bridgehead atoms. The molecule has 3 heteroatoms. The van der Waals surface area contributed by atoms with Crippen LogP contribution in [0.15, 0.2) is 24.4 Å². The maximum absolute atomic E-state index is 5.59. The Balaban J connectivity index is 2.49. The van der Waals surface area contributed by atoms with Crippen molar-refractivity contribution in [2.24, 2.45) is 5.73 Å². The van der Waals surface area contributed by atoms with Gasteiger partial charge in [-0.15, -0.1) is 0 Å². The minimum absolute atomic E-state index is 0.666. The average molecular weight is 229 g/mol. The van der Waals surface area contributed by atoms with Gasteiger partial charge in [-0.25, -0.2) is 4.68 Å². The molecule has 0 saturated carbocycles. The first-order valence-electron chi connectivity index (χ1n) is 5.94. The third-order valence-electron chi connectivity index (χ3n) is 3.12. The number of rotatable bonds is 3. The summed E-state index contributed by atoms with van der Waals surface area (Å²) in [6, 6.07) is 6.43. The lowest BCUT2D eigenvalue weighted by molar-refractivity contribution is 0.834. The molecule has 2 aromatic rings. The molecule has 0 amide bonds. The van der Waals surface area contributed by atoms with Gasteiger partial charge in [-0.05, 0) is 56.5 Å². The average Bonchev–Trinajstić information content (AvgIpc) is 2.65. The fourth-order valence-corrected chi connectivity index (χ4v) is 2.03. The van der Waals surface area contributed by atoms with Crippen molar-refractivity contribution < 1.29 is 0 Å². The first kappa shape index (κ1) is 11.9. The number of nitrogens with two attached hydrogens (primary N) is 1. The summed E-state index contributed by atoms with van der Waals surface area (Å²) in [6.07, 6.45) is 2.81. The molecule has 0 atom stereocenters. The summed E-state index contributed by atoms with van der Waals surface area (Å²) in [5, 5.41) is 4.47. The maximum atomic E-state index is 5.59. The molecular formula is C14H19N3. The van der Waals surface area contributed by atoms with Gasteiger partial charge in [-0.3, -0.25) is 0 Å². The summed E-state index contributed by atoms with van der Waals surface area (Å²) in [7, 11) is 0. The van der Waals surface area contributed by atoms with Gasteiger partial charge in [0.25, 0.3) is 0 Å². The molecule has 17 heavy (non-hydrogen) atoms. The monoisotopic (exact) mass is 229 g/mol. The summed E-state index contributed by atoms with van der Waals surface area (Å²) >= 11 is 0. The molecular weight excluding hydrogens is 210 g/mol. The Hall–Kier alpha value is -1.61. The Labute approximate surface area is 102 Å². The molecule has 0 spiro atoms. The van der Waals surface area contributed by atoms with Crippen molar-refractivity contribution >= 4 is 0 Å². The lowest BCUT2D eigenvalue weighted by Gasteiger charge is -2.09. The number of nitrogens with zero attached hydrogens (tertiary/aromatic N) is 2. The molecule has 0 aliphatic heterocycles. The molecule has 0 saturated heterocycles. The Morgan fingerprint density at radius 1 is 1.24 bits per heavy atom. The van der Waals surface area contributed by atoms with Crippen molar-refractivity contribution in [1.82, 2.24) is 9.78 Å². The molecule has 90 valence electrons. The van der Waals surface area contributed by atoms with Gasteiger partial charge < -0.3 is 5.73 Å². The van der Waals surface area contributed by atoms with E-state index in [4.69, 9.17) is 5.73 Å². The van der Waals surface area contributed by atoms with Crippen LogP contribution in [-0.2, 0) is 6.42 Å². The second kappa shape index (κ2) is 4.72. The zero-order valence-corrected chi connectivity index (χ0v) is 10.7. The summed E-state index contributed by atoms with van der Waals surface area (Å²) in [5.41, 5.74) is 11.7. The van der Waals surface area contributed by atoms with Crippen molar-refractivity contribution in [3.05, 3.63) is 46.8 Å². The molecule has 0 aliphatic rings. The Kier molecular flexibility index (Phi) is 3.29. The highest BCUT2D eigenvalue weighted by Crippen LogP contribution is 2.19. The van der Waals surface area contributed by atoms with Crippen LogP contribution in [0.4, 0.5) is 0 Å². The molecule has 1 aromatic heterocycles. The number of benzene rings is 1. The van der Waals surface area contributed by atoms with E-state index in [1.54, 1.807) is 0 Å². The SMILES string of the molecule is Cc1ccc(C)c(-n2ncc(CCN)c2C)c1. The standard InChI is InChI=1S/C14H19N3/c1-10-4-5-11(2)14(8-10)17-12(3)13(6-7-15)9-16-17/h4-5,8-9H,6-7,15H2,1-3H3. The van der Waals surface area contributed by atoms with E-state index in [9.17, 15) is 0 Å². The highest BCUT2D eigenvalue weighted by atomic mass is 15.3. The molecule has 0 fully saturated rings. The fraction of sp³-hybridized carbons (Fsp3) is 0.357. The molecule has 0 unspecified atom stereocenters. The van der Waals surface area contributed by atoms with E-state index < -0.39 is 0 Å². The topological polar surface area (TPSA) is 43.8 Å². The van der Waals surface area contributed by atoms with Crippen LogP contribution < -0.4 is 5.73 Å². The van der Waals surface area contributed by atoms with Gasteiger partial charge >= 0.3 is 0 Å². The van der Waals surface area contributed by atoms with Crippen LogP contribution >= 0.6 is 0 Å². The smallest absolute Gasteiger partial charge is 0.0680 e. The van der Waals surface area contributed by atoms with E-state index in [1.807, 2.05) is 10.9 Å². The normalized spacial score (nSPS) is 10.8. The number of aromatic nitrogens is 2. The molecule has 2 N–H and O–H groups in total. The highest BCUT2D eigenvalue weighted by molar-refractivity contribution is 5.44. The van der Waals surface area contributed by atoms with Crippen LogP contribution in [0.2, 0.25) is 0 Å². The quantitative estimate of drug-likeness (QED) is 0.877. The van der Waals surface area contributed by atoms with Crippen LogP contribution in [-0.4, -0.2) is 16.3 Å². The Bertz CT molecular complexity index is 526. The number of aryl methyl sites for hydroxylation is 2. The van der Waals surface area contributed by atoms with Crippen LogP contribution in [0, 0.1) is 20.8 Å². The minimum atomic E-state index is 0.666. The largest absolute Gasteiger partial charge is 0.330 e. The lowest BCUT2D eigenvalue weighted by atomic mass is 10.1. The van der Waals surface area contributed by atoms with Crippen molar-refractivity contribution in [3.8, 4) is 5.69 Å². The first-order valence-corrected chi connectivity index (χ1v) is 5.94. The summed E-state index contributed by atoms with van der Waals surface area (Å²) in [5.74, 6) is 0. The second-order valence-electron chi connectivity index (χ2n) is 4.50. The summed E-state index contributed by atoms with van der Waals surface area (Å²) in [6.45, 7) is 6.97. The predicted molar refractivity (Wildman–Crippen MR) is 70.5 cm³/mol. The van der Waals surface area contributed by atoms with E-state index >= 15 is 0 Å². The number of hydrogen-bond donors (Lipinski definition) is 1. The zero-order valence-electron chi connectivity index (χ0n) is 10.7. The van der Waals surface area contributed by atoms with Gasteiger partial charge in [0, 0.05) is 5.69 Å². The Morgan fingerprint density at radius 2 is 2.00 bits per heavy atom. The molecule has 1 aromatic carbocycles. The molecule has 2 rings (SSSR count). The van der Waals surface area contributed by atoms with Gasteiger partial charge in [0.2, 0.25) is 0 Å². The van der Waals surface area contributed by atoms with E-state index in [2.05, 4.69) is 44.1 Å². The third kappa shape index (κ3) is 2.24. The van der Waals surface area contributed by atoms with Gasteiger partial charge in [0.15, 0.2) is 0 Å². The van der Waals surface area contributed by atoms with Gasteiger partial charge in [0.1, 0.15) is 0 Å². The predicted octanol–water partition coefficient (Wildman–Crippen LogP) is 2.30. The van der Waals surface area contributed by atoms with Crippen molar-refractivity contribution in [3.63, 3.8) is 0 Å². The lowest BCUT2D eigenvalue weighted by Crippen LogP contribution is -2.05. The van der Waals surface area contributed by atoms with E-state index in [1.165, 1.54) is 22.4 Å². The molecule has 0 radical (unpaired) electrons. The van der Waals surface area contributed by atoms with Gasteiger partial charge in [0.05, 0.1) is 11.9 Å². The fourth-order valence-electron chi connectivity index (χ4n) is 2.03. The second-order valence-corrected chi connectivity index (χ2v) is 4.50. The summed E-state index contributed by atoms with van der Waals surface area (Å²) in [4.78, 5) is 0. The van der Waals surface area contributed by atoms with Gasteiger partial charge in [-0.1, -0.05) is 12.1 Å². The van der Waals surface area contributed by atoms with Crippen molar-refractivity contribution in [1.29, 1.82) is 0 Å². The highest BCUT2D eigenvalue weighted by Gasteiger charge is 2.09. The van der Waals surface area contributed by atoms with Crippen molar-refractivity contribution in [2.45, 2.75) is 27.2 Å². The van der Waals surface area contributed by atoms with E-state index in [0.29, 0.717) is 6.54 Å². The molecule has 1 heterocycles. The first-order chi connectivity index (χ1) is 8.13. The molecule has 0 aliphatic carbocycles. The molecule has 3 nitrogen and oxygen atoms in total. The van der Waals surface area contributed by atoms with Gasteiger partial charge in [-0.2, -0.15) is 5.10 Å². The van der Waals surface area contributed by atoms with Crippen molar-refractivity contribution in [2.75, 3.05) is 6.54 Å². The van der Waals surface area contributed by atoms with Crippen LogP contribution in [0.1, 0.15) is 22.4 Å². The third-order valence-corrected chi connectivity index (χ3v) is 3.12.